The molecule has 2 unspecified atom stereocenters. The summed E-state index contributed by atoms with van der Waals surface area (Å²) in [6.45, 7) is 6.29. The topological polar surface area (TPSA) is 88.1 Å². The third-order valence-corrected chi connectivity index (χ3v) is 4.06. The van der Waals surface area contributed by atoms with E-state index < -0.39 is 36.7 Å². The summed E-state index contributed by atoms with van der Waals surface area (Å²) in [5.74, 6) is -2.31. The molecule has 1 fully saturated rings. The maximum Gasteiger partial charge on any atom is 0.345 e. The van der Waals surface area contributed by atoms with E-state index in [2.05, 4.69) is 11.3 Å². The van der Waals surface area contributed by atoms with Gasteiger partial charge in [-0.1, -0.05) is 43.8 Å². The molecule has 1 aromatic rings. The van der Waals surface area contributed by atoms with Gasteiger partial charge in [0.15, 0.2) is 18.8 Å². The van der Waals surface area contributed by atoms with E-state index in [9.17, 15) is 14.4 Å². The van der Waals surface area contributed by atoms with Gasteiger partial charge in [-0.05, 0) is 12.5 Å². The van der Waals surface area contributed by atoms with Gasteiger partial charge in [-0.15, -0.1) is 0 Å². The first-order valence-corrected chi connectivity index (χ1v) is 8.18. The highest BCUT2D eigenvalue weighted by atomic mass is 16.6. The number of carbonyl (C=O) groups is 3. The van der Waals surface area contributed by atoms with Crippen LogP contribution >= 0.6 is 0 Å². The van der Waals surface area contributed by atoms with E-state index >= 15 is 0 Å². The van der Waals surface area contributed by atoms with Crippen molar-refractivity contribution in [1.82, 2.24) is 0 Å². The van der Waals surface area contributed by atoms with E-state index in [1.807, 2.05) is 37.3 Å². The van der Waals surface area contributed by atoms with Gasteiger partial charge < -0.3 is 18.9 Å². The molecular weight excluding hydrogens is 340 g/mol. The molecule has 7 heteroatoms. The van der Waals surface area contributed by atoms with Crippen molar-refractivity contribution in [3.8, 4) is 0 Å². The third kappa shape index (κ3) is 4.70. The van der Waals surface area contributed by atoms with Crippen LogP contribution in [0.5, 0.6) is 0 Å². The van der Waals surface area contributed by atoms with Gasteiger partial charge in [0.2, 0.25) is 0 Å². The average Bonchev–Trinajstić information content (AvgIpc) is 2.99. The first-order chi connectivity index (χ1) is 12.3. The molecule has 26 heavy (non-hydrogen) atoms. The normalized spacial score (nSPS) is 21.7. The van der Waals surface area contributed by atoms with E-state index in [1.165, 1.54) is 6.92 Å². The Balaban J connectivity index is 1.92. The molecule has 0 aliphatic carbocycles. The lowest BCUT2D eigenvalue weighted by atomic mass is 9.85. The molecule has 1 aliphatic heterocycles. The van der Waals surface area contributed by atoms with Gasteiger partial charge in [-0.3, -0.25) is 0 Å². The van der Waals surface area contributed by atoms with Gasteiger partial charge in [0.05, 0.1) is 13.2 Å². The number of hydrogen-bond acceptors (Lipinski definition) is 7. The molecule has 0 amide bonds. The number of ether oxygens (including phenoxy) is 4. The standard InChI is InChI=1S/C19H22O7/c1-13(2)18(22)25-10-16(20)24-11-17(21)26-19(12-23-9-14(19)3)15-7-5-4-6-8-15/h4-8,14H,1,9-12H2,2-3H3. The first kappa shape index (κ1) is 19.7. The van der Waals surface area contributed by atoms with Gasteiger partial charge in [-0.25, -0.2) is 14.4 Å². The Morgan fingerprint density at radius 1 is 1.15 bits per heavy atom. The smallest absolute Gasteiger partial charge is 0.345 e. The van der Waals surface area contributed by atoms with Gasteiger partial charge in [-0.2, -0.15) is 0 Å². The second kappa shape index (κ2) is 8.62. The summed E-state index contributed by atoms with van der Waals surface area (Å²) in [7, 11) is 0. The minimum Gasteiger partial charge on any atom is -0.451 e. The van der Waals surface area contributed by atoms with Crippen molar-refractivity contribution in [2.75, 3.05) is 26.4 Å². The van der Waals surface area contributed by atoms with E-state index in [1.54, 1.807) is 0 Å². The molecule has 0 spiro atoms. The van der Waals surface area contributed by atoms with E-state index in [0.717, 1.165) is 5.56 Å². The molecule has 7 nitrogen and oxygen atoms in total. The van der Waals surface area contributed by atoms with Crippen LogP contribution in [0.3, 0.4) is 0 Å². The highest BCUT2D eigenvalue weighted by molar-refractivity contribution is 5.88. The lowest BCUT2D eigenvalue weighted by Crippen LogP contribution is -2.39. The second-order valence-electron chi connectivity index (χ2n) is 6.16. The molecule has 1 heterocycles. The molecule has 140 valence electrons. The highest BCUT2D eigenvalue weighted by Gasteiger charge is 2.46. The Hall–Kier alpha value is -2.67. The first-order valence-electron chi connectivity index (χ1n) is 8.18. The maximum absolute atomic E-state index is 12.2. The minimum absolute atomic E-state index is 0.0546. The van der Waals surface area contributed by atoms with E-state index in [0.29, 0.717) is 6.61 Å². The summed E-state index contributed by atoms with van der Waals surface area (Å²) in [4.78, 5) is 35.0. The number of esters is 3. The molecule has 0 bridgehead atoms. The number of hydrogen-bond donors (Lipinski definition) is 0. The summed E-state index contributed by atoms with van der Waals surface area (Å²) in [6.07, 6.45) is 0. The van der Waals surface area contributed by atoms with Crippen LogP contribution in [0.1, 0.15) is 19.4 Å². The van der Waals surface area contributed by atoms with Crippen molar-refractivity contribution in [2.24, 2.45) is 5.92 Å². The fraction of sp³-hybridized carbons (Fsp3) is 0.421. The molecule has 2 atom stereocenters. The number of carbonyl (C=O) groups excluding carboxylic acids is 3. The maximum atomic E-state index is 12.2. The summed E-state index contributed by atoms with van der Waals surface area (Å²) in [5, 5.41) is 0. The zero-order valence-electron chi connectivity index (χ0n) is 14.9. The van der Waals surface area contributed by atoms with Crippen LogP contribution in [0.15, 0.2) is 42.5 Å². The summed E-state index contributed by atoms with van der Waals surface area (Å²) < 4.78 is 20.6. The van der Waals surface area contributed by atoms with Gasteiger partial charge >= 0.3 is 17.9 Å². The Morgan fingerprint density at radius 2 is 1.81 bits per heavy atom. The Labute approximate surface area is 151 Å². The lowest BCUT2D eigenvalue weighted by Gasteiger charge is -2.32. The van der Waals surface area contributed by atoms with E-state index in [4.69, 9.17) is 14.2 Å². The fourth-order valence-electron chi connectivity index (χ4n) is 2.60. The quantitative estimate of drug-likeness (QED) is 0.415. The van der Waals surface area contributed by atoms with Crippen LogP contribution in [-0.4, -0.2) is 44.3 Å². The molecule has 1 aromatic carbocycles. The summed E-state index contributed by atoms with van der Waals surface area (Å²) in [6, 6.07) is 9.30. The Morgan fingerprint density at radius 3 is 2.38 bits per heavy atom. The van der Waals surface area contributed by atoms with Crippen molar-refractivity contribution in [1.29, 1.82) is 0 Å². The molecule has 0 radical (unpaired) electrons. The number of rotatable bonds is 7. The minimum atomic E-state index is -0.919. The monoisotopic (exact) mass is 362 g/mol. The van der Waals surface area contributed by atoms with Crippen molar-refractivity contribution in [2.45, 2.75) is 19.4 Å². The largest absolute Gasteiger partial charge is 0.451 e. The summed E-state index contributed by atoms with van der Waals surface area (Å²) >= 11 is 0. The van der Waals surface area contributed by atoms with Crippen LogP contribution in [0, 0.1) is 5.92 Å². The SMILES string of the molecule is C=C(C)C(=O)OCC(=O)OCC(=O)OC1(c2ccccc2)COCC1C. The van der Waals surface area contributed by atoms with Crippen LogP contribution in [0.2, 0.25) is 0 Å². The molecular formula is C19H22O7. The molecule has 0 saturated carbocycles. The van der Waals surface area contributed by atoms with Crippen LogP contribution in [-0.2, 0) is 38.9 Å². The number of benzene rings is 1. The van der Waals surface area contributed by atoms with Crippen molar-refractivity contribution < 1.29 is 33.3 Å². The van der Waals surface area contributed by atoms with Gasteiger partial charge in [0.1, 0.15) is 0 Å². The molecule has 0 aromatic heterocycles. The van der Waals surface area contributed by atoms with Crippen molar-refractivity contribution in [3.63, 3.8) is 0 Å². The summed E-state index contributed by atoms with van der Waals surface area (Å²) in [5.41, 5.74) is 0.0641. The Bertz CT molecular complexity index is 682. The fourth-order valence-corrected chi connectivity index (χ4v) is 2.60. The van der Waals surface area contributed by atoms with Gasteiger partial charge in [0, 0.05) is 11.5 Å². The zero-order valence-corrected chi connectivity index (χ0v) is 14.9. The van der Waals surface area contributed by atoms with E-state index in [-0.39, 0.29) is 18.1 Å². The molecule has 2 rings (SSSR count). The second-order valence-corrected chi connectivity index (χ2v) is 6.16. The van der Waals surface area contributed by atoms with Crippen LogP contribution < -0.4 is 0 Å². The van der Waals surface area contributed by atoms with Crippen LogP contribution in [0.25, 0.3) is 0 Å². The Kier molecular flexibility index (Phi) is 6.52. The van der Waals surface area contributed by atoms with Crippen molar-refractivity contribution in [3.05, 3.63) is 48.0 Å². The van der Waals surface area contributed by atoms with Crippen molar-refractivity contribution >= 4 is 17.9 Å². The molecule has 0 N–H and O–H groups in total. The van der Waals surface area contributed by atoms with Crippen LogP contribution in [0.4, 0.5) is 0 Å². The highest BCUT2D eigenvalue weighted by Crippen LogP contribution is 2.39. The molecule has 1 aliphatic rings. The lowest BCUT2D eigenvalue weighted by molar-refractivity contribution is -0.176. The molecule has 1 saturated heterocycles. The predicted octanol–water partition coefficient (Wildman–Crippen LogP) is 1.75. The predicted molar refractivity (Wildman–Crippen MR) is 90.9 cm³/mol. The van der Waals surface area contributed by atoms with Gasteiger partial charge in [0.25, 0.3) is 0 Å². The zero-order chi connectivity index (χ0) is 19.2. The average molecular weight is 362 g/mol. The third-order valence-electron chi connectivity index (χ3n) is 4.06.